The number of aryl methyl sites for hydroxylation is 1. The summed E-state index contributed by atoms with van der Waals surface area (Å²) >= 11 is 6.09. The number of nitrogens with two attached hydrogens (primary N) is 1. The van der Waals surface area contributed by atoms with Crippen molar-refractivity contribution in [1.29, 1.82) is 0 Å². The highest BCUT2D eigenvalue weighted by Crippen LogP contribution is 2.29. The molecule has 21 heavy (non-hydrogen) atoms. The molecule has 2 aromatic rings. The van der Waals surface area contributed by atoms with Gasteiger partial charge >= 0.3 is 0 Å². The summed E-state index contributed by atoms with van der Waals surface area (Å²) in [4.78, 5) is 12.4. The lowest BCUT2D eigenvalue weighted by molar-refractivity contribution is 0.102. The summed E-state index contributed by atoms with van der Waals surface area (Å²) in [5.74, 6) is 0.0829. The molecular formula is C16H17ClN2O2. The Morgan fingerprint density at radius 3 is 2.81 bits per heavy atom. The minimum absolute atomic E-state index is 0.307. The number of amides is 1. The van der Waals surface area contributed by atoms with Crippen molar-refractivity contribution in [3.8, 4) is 5.75 Å². The van der Waals surface area contributed by atoms with E-state index in [1.54, 1.807) is 24.3 Å². The normalized spacial score (nSPS) is 10.2. The van der Waals surface area contributed by atoms with Crippen molar-refractivity contribution in [2.24, 2.45) is 0 Å². The molecule has 0 aliphatic rings. The number of benzene rings is 2. The first kappa shape index (κ1) is 15.2. The lowest BCUT2D eigenvalue weighted by Gasteiger charge is -2.13. The lowest BCUT2D eigenvalue weighted by Crippen LogP contribution is -2.15. The predicted octanol–water partition coefficient (Wildman–Crippen LogP) is 3.88. The van der Waals surface area contributed by atoms with Gasteiger partial charge in [0.1, 0.15) is 0 Å². The van der Waals surface area contributed by atoms with Crippen molar-refractivity contribution < 1.29 is 9.53 Å². The molecule has 1 amide bonds. The van der Waals surface area contributed by atoms with Crippen molar-refractivity contribution >= 4 is 28.9 Å². The Kier molecular flexibility index (Phi) is 4.70. The summed E-state index contributed by atoms with van der Waals surface area (Å²) in [6, 6.07) is 10.5. The van der Waals surface area contributed by atoms with Crippen molar-refractivity contribution in [2.75, 3.05) is 17.7 Å². The Balaban J connectivity index is 2.32. The van der Waals surface area contributed by atoms with Crippen molar-refractivity contribution in [1.82, 2.24) is 0 Å². The van der Waals surface area contributed by atoms with Gasteiger partial charge in [0, 0.05) is 0 Å². The van der Waals surface area contributed by atoms with Gasteiger partial charge in [-0.15, -0.1) is 0 Å². The number of rotatable bonds is 4. The molecule has 0 radical (unpaired) electrons. The molecule has 0 aromatic heterocycles. The van der Waals surface area contributed by atoms with Gasteiger partial charge in [0.2, 0.25) is 0 Å². The van der Waals surface area contributed by atoms with E-state index in [1.165, 1.54) is 0 Å². The van der Waals surface area contributed by atoms with Gasteiger partial charge in [0.15, 0.2) is 5.75 Å². The molecule has 110 valence electrons. The van der Waals surface area contributed by atoms with E-state index in [1.807, 2.05) is 26.0 Å². The monoisotopic (exact) mass is 304 g/mol. The van der Waals surface area contributed by atoms with Crippen LogP contribution in [0.15, 0.2) is 36.4 Å². The van der Waals surface area contributed by atoms with Crippen LogP contribution in [0.1, 0.15) is 22.8 Å². The molecule has 2 rings (SSSR count). The number of anilines is 2. The first-order valence-corrected chi connectivity index (χ1v) is 6.99. The van der Waals surface area contributed by atoms with Gasteiger partial charge in [-0.1, -0.05) is 23.7 Å². The number of nitrogen functional groups attached to an aromatic ring is 1. The highest BCUT2D eigenvalue weighted by Gasteiger charge is 2.16. The Hall–Kier alpha value is -2.20. The van der Waals surface area contributed by atoms with E-state index in [0.29, 0.717) is 34.3 Å². The zero-order valence-electron chi connectivity index (χ0n) is 11.9. The molecule has 2 aromatic carbocycles. The number of halogens is 1. The fourth-order valence-corrected chi connectivity index (χ4v) is 2.13. The first-order chi connectivity index (χ1) is 10.0. The van der Waals surface area contributed by atoms with E-state index in [4.69, 9.17) is 22.1 Å². The first-order valence-electron chi connectivity index (χ1n) is 6.61. The third kappa shape index (κ3) is 3.47. The summed E-state index contributed by atoms with van der Waals surface area (Å²) < 4.78 is 5.46. The second kappa shape index (κ2) is 6.50. The molecular weight excluding hydrogens is 288 g/mol. The minimum Gasteiger partial charge on any atom is -0.491 e. The van der Waals surface area contributed by atoms with Crippen LogP contribution < -0.4 is 15.8 Å². The second-order valence-electron chi connectivity index (χ2n) is 4.59. The number of nitrogens with one attached hydrogen (secondary N) is 1. The number of ether oxygens (including phenoxy) is 1. The molecule has 0 fully saturated rings. The number of hydrogen-bond acceptors (Lipinski definition) is 3. The SMILES string of the molecule is CCOc1c(N)cccc1C(=O)Nc1cc(C)ccc1Cl. The molecule has 0 saturated carbocycles. The van der Waals surface area contributed by atoms with Crippen LogP contribution in [0.5, 0.6) is 5.75 Å². The topological polar surface area (TPSA) is 64.3 Å². The van der Waals surface area contributed by atoms with E-state index in [2.05, 4.69) is 5.32 Å². The van der Waals surface area contributed by atoms with Gasteiger partial charge in [-0.25, -0.2) is 0 Å². The van der Waals surface area contributed by atoms with Crippen LogP contribution in [0.4, 0.5) is 11.4 Å². The predicted molar refractivity (Wildman–Crippen MR) is 86.2 cm³/mol. The summed E-state index contributed by atoms with van der Waals surface area (Å²) in [5, 5.41) is 3.27. The zero-order chi connectivity index (χ0) is 15.4. The quantitative estimate of drug-likeness (QED) is 0.842. The molecule has 0 aliphatic carbocycles. The van der Waals surface area contributed by atoms with E-state index >= 15 is 0 Å². The Morgan fingerprint density at radius 1 is 1.33 bits per heavy atom. The van der Waals surface area contributed by atoms with Crippen LogP contribution >= 0.6 is 11.6 Å². The number of para-hydroxylation sites is 1. The summed E-state index contributed by atoms with van der Waals surface area (Å²) in [5.41, 5.74) is 8.24. The van der Waals surface area contributed by atoms with Crippen LogP contribution in [0, 0.1) is 6.92 Å². The minimum atomic E-state index is -0.307. The standard InChI is InChI=1S/C16H17ClN2O2/c1-3-21-15-11(5-4-6-13(15)18)16(20)19-14-9-10(2)7-8-12(14)17/h4-9H,3,18H2,1-2H3,(H,19,20). The molecule has 0 atom stereocenters. The molecule has 3 N–H and O–H groups in total. The van der Waals surface area contributed by atoms with Gasteiger partial charge in [-0.05, 0) is 43.7 Å². The molecule has 0 heterocycles. The fraction of sp³-hybridized carbons (Fsp3) is 0.188. The number of carbonyl (C=O) groups excluding carboxylic acids is 1. The average molecular weight is 305 g/mol. The van der Waals surface area contributed by atoms with E-state index < -0.39 is 0 Å². The van der Waals surface area contributed by atoms with Crippen LogP contribution in [-0.4, -0.2) is 12.5 Å². The molecule has 0 aliphatic heterocycles. The largest absolute Gasteiger partial charge is 0.491 e. The molecule has 0 bridgehead atoms. The number of carbonyl (C=O) groups is 1. The molecule has 4 nitrogen and oxygen atoms in total. The smallest absolute Gasteiger partial charge is 0.259 e. The number of hydrogen-bond donors (Lipinski definition) is 2. The Morgan fingerprint density at radius 2 is 2.10 bits per heavy atom. The van der Waals surface area contributed by atoms with Crippen molar-refractivity contribution in [2.45, 2.75) is 13.8 Å². The van der Waals surface area contributed by atoms with Crippen LogP contribution in [0.3, 0.4) is 0 Å². The molecule has 0 spiro atoms. The molecule has 0 unspecified atom stereocenters. The lowest BCUT2D eigenvalue weighted by atomic mass is 10.1. The van der Waals surface area contributed by atoms with Gasteiger partial charge in [-0.3, -0.25) is 4.79 Å². The maximum Gasteiger partial charge on any atom is 0.259 e. The summed E-state index contributed by atoms with van der Waals surface area (Å²) in [7, 11) is 0. The van der Waals surface area contributed by atoms with Crippen LogP contribution in [-0.2, 0) is 0 Å². The summed E-state index contributed by atoms with van der Waals surface area (Å²) in [6.45, 7) is 4.20. The molecule has 0 saturated heterocycles. The van der Waals surface area contributed by atoms with E-state index in [9.17, 15) is 4.79 Å². The van der Waals surface area contributed by atoms with Gasteiger partial charge < -0.3 is 15.8 Å². The van der Waals surface area contributed by atoms with Crippen molar-refractivity contribution in [3.05, 3.63) is 52.5 Å². The third-order valence-corrected chi connectivity index (χ3v) is 3.28. The van der Waals surface area contributed by atoms with Gasteiger partial charge in [0.05, 0.1) is 28.6 Å². The van der Waals surface area contributed by atoms with E-state index in [-0.39, 0.29) is 5.91 Å². The highest BCUT2D eigenvalue weighted by atomic mass is 35.5. The van der Waals surface area contributed by atoms with Crippen molar-refractivity contribution in [3.63, 3.8) is 0 Å². The van der Waals surface area contributed by atoms with Crippen LogP contribution in [0.25, 0.3) is 0 Å². The zero-order valence-corrected chi connectivity index (χ0v) is 12.7. The van der Waals surface area contributed by atoms with E-state index in [0.717, 1.165) is 5.56 Å². The highest BCUT2D eigenvalue weighted by molar-refractivity contribution is 6.34. The Labute approximate surface area is 128 Å². The second-order valence-corrected chi connectivity index (χ2v) is 5.00. The fourth-order valence-electron chi connectivity index (χ4n) is 1.96. The molecule has 5 heteroatoms. The average Bonchev–Trinajstić information content (AvgIpc) is 2.45. The summed E-state index contributed by atoms with van der Waals surface area (Å²) in [6.07, 6.45) is 0. The third-order valence-electron chi connectivity index (χ3n) is 2.95. The van der Waals surface area contributed by atoms with Crippen LogP contribution in [0.2, 0.25) is 5.02 Å². The maximum atomic E-state index is 12.4. The maximum absolute atomic E-state index is 12.4. The van der Waals surface area contributed by atoms with Gasteiger partial charge in [0.25, 0.3) is 5.91 Å². The van der Waals surface area contributed by atoms with Gasteiger partial charge in [-0.2, -0.15) is 0 Å². The Bertz CT molecular complexity index is 671.